The molecule has 0 atom stereocenters. The Labute approximate surface area is 260 Å². The van der Waals surface area contributed by atoms with Gasteiger partial charge in [0.25, 0.3) is 5.52 Å². The fourth-order valence-corrected chi connectivity index (χ4v) is 10.8. The first-order valence-electron chi connectivity index (χ1n) is 14.8. The highest BCUT2D eigenvalue weighted by Crippen LogP contribution is 2.58. The standard InChI is InChI=1S/C38H30N2O4P/c1-2-44-28-24-22-27(23-25-28)32-26-35-36(40(43)34-21-13-12-20-33(34)39(35)42)38(37(32)41)45(29-14-6-3-7-15-29,30-16-8-4-9-17-30)31-18-10-5-11-19-31/h3-26,42H,2H2,1H3/q+1/p+1. The summed E-state index contributed by atoms with van der Waals surface area (Å²) in [7, 11) is -3.00. The predicted molar refractivity (Wildman–Crippen MR) is 183 cm³/mol. The third kappa shape index (κ3) is 4.54. The van der Waals surface area contributed by atoms with Gasteiger partial charge in [0, 0.05) is 16.5 Å². The first-order chi connectivity index (χ1) is 22.1. The van der Waals surface area contributed by atoms with E-state index >= 15 is 0 Å². The lowest BCUT2D eigenvalue weighted by Gasteiger charge is -2.28. The summed E-state index contributed by atoms with van der Waals surface area (Å²) in [4.78, 5) is 14.6. The molecule has 7 rings (SSSR count). The molecule has 0 aliphatic rings. The monoisotopic (exact) mass is 610 g/mol. The molecule has 6 aromatic carbocycles. The first-order valence-corrected chi connectivity index (χ1v) is 16.6. The lowest BCUT2D eigenvalue weighted by molar-refractivity contribution is -0.432. The van der Waals surface area contributed by atoms with Crippen LogP contribution in [0.5, 0.6) is 11.5 Å². The SMILES string of the molecule is CCOc1ccc(-c2cc3c(c([P+](c4ccccc4)(c4ccccc4)c4ccccc4)c2O)[n+](=O)c2ccccc2n3O)cc1. The Balaban J connectivity index is 1.75. The summed E-state index contributed by atoms with van der Waals surface area (Å²) in [6.07, 6.45) is 0. The summed E-state index contributed by atoms with van der Waals surface area (Å²) >= 11 is 0. The molecule has 0 spiro atoms. The van der Waals surface area contributed by atoms with E-state index in [0.717, 1.165) is 30.6 Å². The Morgan fingerprint density at radius 3 is 1.73 bits per heavy atom. The van der Waals surface area contributed by atoms with E-state index in [2.05, 4.69) is 36.4 Å². The van der Waals surface area contributed by atoms with Gasteiger partial charge >= 0.3 is 5.52 Å². The summed E-state index contributed by atoms with van der Waals surface area (Å²) in [5, 5.41) is 27.8. The maximum absolute atomic E-state index is 14.6. The molecule has 0 bridgehead atoms. The zero-order chi connectivity index (χ0) is 31.0. The van der Waals surface area contributed by atoms with E-state index in [4.69, 9.17) is 4.74 Å². The Bertz CT molecular complexity index is 2110. The van der Waals surface area contributed by atoms with Crippen molar-refractivity contribution in [3.05, 3.63) is 150 Å². The van der Waals surface area contributed by atoms with Crippen LogP contribution in [0.3, 0.4) is 0 Å². The van der Waals surface area contributed by atoms with Gasteiger partial charge in [0.2, 0.25) is 5.30 Å². The van der Waals surface area contributed by atoms with E-state index in [0.29, 0.717) is 28.7 Å². The molecule has 2 N–H and O–H groups in total. The number of para-hydroxylation sites is 2. The number of benzene rings is 6. The molecular formula is C38H31N2O4P+2. The lowest BCUT2D eigenvalue weighted by atomic mass is 10.0. The van der Waals surface area contributed by atoms with Gasteiger partial charge in [-0.3, -0.25) is 0 Å². The van der Waals surface area contributed by atoms with Crippen molar-refractivity contribution in [1.82, 2.24) is 4.73 Å². The molecule has 45 heavy (non-hydrogen) atoms. The van der Waals surface area contributed by atoms with Crippen molar-refractivity contribution in [3.8, 4) is 22.6 Å². The van der Waals surface area contributed by atoms with Crippen molar-refractivity contribution < 1.29 is 19.5 Å². The van der Waals surface area contributed by atoms with Gasteiger partial charge in [-0.05, 0) is 73.2 Å². The quantitative estimate of drug-likeness (QED) is 0.0957. The molecule has 0 amide bonds. The minimum Gasteiger partial charge on any atom is -0.503 e. The van der Waals surface area contributed by atoms with Gasteiger partial charge < -0.3 is 15.1 Å². The van der Waals surface area contributed by atoms with Crippen LogP contribution in [-0.4, -0.2) is 21.7 Å². The number of aromatic nitrogens is 2. The molecule has 220 valence electrons. The molecule has 6 nitrogen and oxygen atoms in total. The molecule has 0 unspecified atom stereocenters. The van der Waals surface area contributed by atoms with Gasteiger partial charge in [-0.15, -0.1) is 0 Å². The van der Waals surface area contributed by atoms with Crippen LogP contribution in [-0.2, 0) is 0 Å². The van der Waals surface area contributed by atoms with Crippen LogP contribution < -0.4 is 30.4 Å². The summed E-state index contributed by atoms with van der Waals surface area (Å²) in [5.74, 6) is 0.693. The van der Waals surface area contributed by atoms with Gasteiger partial charge in [-0.1, -0.05) is 78.9 Å². The Hall–Kier alpha value is -5.45. The summed E-state index contributed by atoms with van der Waals surface area (Å²) in [6, 6.07) is 46.3. The molecule has 1 heterocycles. The van der Waals surface area contributed by atoms with E-state index in [1.54, 1.807) is 30.3 Å². The minimum absolute atomic E-state index is 0.0172. The predicted octanol–water partition coefficient (Wildman–Crippen LogP) is 6.34. The second-order valence-corrected chi connectivity index (χ2v) is 14.1. The van der Waals surface area contributed by atoms with Gasteiger partial charge in [0.15, 0.2) is 24.0 Å². The van der Waals surface area contributed by atoms with Crippen molar-refractivity contribution in [1.29, 1.82) is 0 Å². The van der Waals surface area contributed by atoms with E-state index < -0.39 is 7.26 Å². The molecule has 0 radical (unpaired) electrons. The van der Waals surface area contributed by atoms with Gasteiger partial charge in [-0.25, -0.2) is 0 Å². The van der Waals surface area contributed by atoms with Gasteiger partial charge in [0.1, 0.15) is 21.7 Å². The van der Waals surface area contributed by atoms with Crippen LogP contribution in [0.25, 0.3) is 33.2 Å². The zero-order valence-corrected chi connectivity index (χ0v) is 25.5. The molecule has 1 aromatic heterocycles. The fourth-order valence-electron chi connectivity index (χ4n) is 6.29. The van der Waals surface area contributed by atoms with E-state index in [-0.39, 0.29) is 22.3 Å². The van der Waals surface area contributed by atoms with Crippen molar-refractivity contribution in [2.75, 3.05) is 6.61 Å². The number of aromatic hydroxyl groups is 1. The van der Waals surface area contributed by atoms with Gasteiger partial charge in [0.05, 0.1) is 11.0 Å². The topological polar surface area (TPSA) is 77.6 Å². The number of rotatable bonds is 7. The Morgan fingerprint density at radius 2 is 1.20 bits per heavy atom. The third-order valence-corrected chi connectivity index (χ3v) is 12.5. The molecular weight excluding hydrogens is 579 g/mol. The average molecular weight is 611 g/mol. The number of fused-ring (bicyclic) bond motifs is 2. The van der Waals surface area contributed by atoms with Crippen LogP contribution in [0.15, 0.2) is 146 Å². The maximum Gasteiger partial charge on any atom is 0.337 e. The molecule has 0 aliphatic carbocycles. The third-order valence-electron chi connectivity index (χ3n) is 8.23. The number of hydrogen-bond acceptors (Lipinski definition) is 4. The lowest BCUT2D eigenvalue weighted by Crippen LogP contribution is -2.41. The highest BCUT2D eigenvalue weighted by Gasteiger charge is 2.54. The van der Waals surface area contributed by atoms with E-state index in [1.807, 2.05) is 85.8 Å². The minimum atomic E-state index is -3.00. The molecule has 0 saturated carbocycles. The normalized spacial score (nSPS) is 11.6. The number of hydrogen-bond donors (Lipinski definition) is 2. The summed E-state index contributed by atoms with van der Waals surface area (Å²) in [6.45, 7) is 2.46. The second kappa shape index (κ2) is 11.6. The Kier molecular flexibility index (Phi) is 7.28. The number of phenolic OH excluding ortho intramolecular Hbond substituents is 1. The molecule has 0 aliphatic heterocycles. The Morgan fingerprint density at radius 1 is 0.689 bits per heavy atom. The van der Waals surface area contributed by atoms with Crippen LogP contribution in [0.1, 0.15) is 6.92 Å². The number of nitrogens with zero attached hydrogens (tertiary/aromatic N) is 2. The van der Waals surface area contributed by atoms with Crippen LogP contribution in [0, 0.1) is 4.91 Å². The zero-order valence-electron chi connectivity index (χ0n) is 24.6. The van der Waals surface area contributed by atoms with E-state index in [9.17, 15) is 15.2 Å². The maximum atomic E-state index is 14.6. The molecule has 0 fully saturated rings. The molecule has 7 heteroatoms. The fraction of sp³-hybridized carbons (Fsp3) is 0.0526. The van der Waals surface area contributed by atoms with Crippen molar-refractivity contribution in [2.45, 2.75) is 6.92 Å². The summed E-state index contributed by atoms with van der Waals surface area (Å²) in [5.41, 5.74) is 2.34. The summed E-state index contributed by atoms with van der Waals surface area (Å²) < 4.78 is 7.61. The smallest absolute Gasteiger partial charge is 0.337 e. The highest BCUT2D eigenvalue weighted by molar-refractivity contribution is 8.02. The average Bonchev–Trinajstić information content (AvgIpc) is 3.10. The molecule has 7 aromatic rings. The highest BCUT2D eigenvalue weighted by atomic mass is 31.2. The molecule has 0 saturated heterocycles. The van der Waals surface area contributed by atoms with Crippen LogP contribution >= 0.6 is 7.26 Å². The number of phenols is 1. The first kappa shape index (κ1) is 28.3. The van der Waals surface area contributed by atoms with Crippen molar-refractivity contribution in [3.63, 3.8) is 0 Å². The van der Waals surface area contributed by atoms with Crippen LogP contribution in [0.2, 0.25) is 0 Å². The van der Waals surface area contributed by atoms with Gasteiger partial charge in [-0.2, -0.15) is 4.73 Å². The number of ether oxygens (including phenoxy) is 1. The van der Waals surface area contributed by atoms with Crippen molar-refractivity contribution in [2.24, 2.45) is 0 Å². The van der Waals surface area contributed by atoms with Crippen LogP contribution in [0.4, 0.5) is 0 Å². The second-order valence-electron chi connectivity index (χ2n) is 10.7. The largest absolute Gasteiger partial charge is 0.503 e. The van der Waals surface area contributed by atoms with E-state index in [1.165, 1.54) is 0 Å². The van der Waals surface area contributed by atoms with Crippen molar-refractivity contribution >= 4 is 50.5 Å².